The maximum Gasteiger partial charge on any atom is 0.412 e. The van der Waals surface area contributed by atoms with Gasteiger partial charge in [-0.3, -0.25) is 25.0 Å². The highest BCUT2D eigenvalue weighted by Crippen LogP contribution is 2.26. The van der Waals surface area contributed by atoms with E-state index in [0.717, 1.165) is 11.8 Å². The highest BCUT2D eigenvalue weighted by Gasteiger charge is 2.25. The van der Waals surface area contributed by atoms with Gasteiger partial charge in [0.25, 0.3) is 17.1 Å². The Morgan fingerprint density at radius 2 is 1.58 bits per heavy atom. The van der Waals surface area contributed by atoms with Crippen molar-refractivity contribution in [2.45, 2.75) is 26.4 Å². The van der Waals surface area contributed by atoms with Crippen LogP contribution in [0.1, 0.15) is 36.7 Å². The Hall–Kier alpha value is -3.59. The van der Waals surface area contributed by atoms with Crippen LogP contribution < -0.4 is 16.0 Å². The molecule has 0 aromatic heterocycles. The molecule has 0 spiro atoms. The van der Waals surface area contributed by atoms with E-state index < -0.39 is 22.8 Å². The van der Waals surface area contributed by atoms with Crippen LogP contribution >= 0.6 is 11.8 Å². The number of carbonyl (C=O) groups excluding carboxylic acids is 4. The van der Waals surface area contributed by atoms with Crippen molar-refractivity contribution in [2.75, 3.05) is 10.6 Å². The van der Waals surface area contributed by atoms with E-state index >= 15 is 0 Å². The van der Waals surface area contributed by atoms with E-state index in [4.69, 9.17) is 4.74 Å². The summed E-state index contributed by atoms with van der Waals surface area (Å²) in [7, 11) is 0. The number of thioether (sulfide) groups is 1. The molecule has 9 heteroatoms. The molecule has 1 saturated heterocycles. The molecule has 0 unspecified atom stereocenters. The van der Waals surface area contributed by atoms with Gasteiger partial charge in [0, 0.05) is 5.56 Å². The van der Waals surface area contributed by atoms with Gasteiger partial charge in [-0.05, 0) is 68.4 Å². The van der Waals surface area contributed by atoms with Gasteiger partial charge in [-0.25, -0.2) is 4.79 Å². The van der Waals surface area contributed by atoms with E-state index in [0.29, 0.717) is 27.4 Å². The van der Waals surface area contributed by atoms with Gasteiger partial charge in [-0.1, -0.05) is 24.3 Å². The largest absolute Gasteiger partial charge is 0.444 e. The molecule has 1 aliphatic rings. The van der Waals surface area contributed by atoms with Crippen molar-refractivity contribution in [3.63, 3.8) is 0 Å². The van der Waals surface area contributed by atoms with Crippen LogP contribution in [0.4, 0.5) is 21.0 Å². The number of amides is 4. The average Bonchev–Trinajstić information content (AvgIpc) is 2.99. The van der Waals surface area contributed by atoms with Crippen molar-refractivity contribution in [3.05, 3.63) is 64.6 Å². The lowest BCUT2D eigenvalue weighted by Gasteiger charge is -2.20. The maximum absolute atomic E-state index is 12.6. The standard InChI is InChI=1S/C22H21N3O5S/c1-22(2,3)30-20(28)24-16-7-5-4-6-15(16)23-18(26)14-10-8-13(9-11-14)12-17-19(27)25-21(29)31-17/h4-12H,1-3H3,(H,23,26)(H,24,28)(H,25,27,29). The van der Waals surface area contributed by atoms with Crippen molar-refractivity contribution in [1.29, 1.82) is 0 Å². The number of rotatable bonds is 4. The van der Waals surface area contributed by atoms with Crippen LogP contribution in [0.5, 0.6) is 0 Å². The van der Waals surface area contributed by atoms with E-state index in [1.165, 1.54) is 0 Å². The van der Waals surface area contributed by atoms with E-state index in [9.17, 15) is 19.2 Å². The zero-order chi connectivity index (χ0) is 22.6. The molecule has 2 aromatic carbocycles. The lowest BCUT2D eigenvalue weighted by atomic mass is 10.1. The lowest BCUT2D eigenvalue weighted by Crippen LogP contribution is -2.27. The summed E-state index contributed by atoms with van der Waals surface area (Å²) in [6.07, 6.45) is 0.950. The van der Waals surface area contributed by atoms with E-state index in [-0.39, 0.29) is 5.91 Å². The van der Waals surface area contributed by atoms with Crippen molar-refractivity contribution >= 4 is 52.4 Å². The minimum absolute atomic E-state index is 0.296. The topological polar surface area (TPSA) is 114 Å². The van der Waals surface area contributed by atoms with Gasteiger partial charge in [0.15, 0.2) is 0 Å². The van der Waals surface area contributed by atoms with Crippen LogP contribution in [0.15, 0.2) is 53.4 Å². The highest BCUT2D eigenvalue weighted by atomic mass is 32.2. The molecule has 0 atom stereocenters. The number of anilines is 2. The smallest absolute Gasteiger partial charge is 0.412 e. The number of hydrogen-bond donors (Lipinski definition) is 3. The number of para-hydroxylation sites is 2. The molecule has 0 saturated carbocycles. The Morgan fingerprint density at radius 3 is 2.13 bits per heavy atom. The molecular weight excluding hydrogens is 418 g/mol. The first-order valence-electron chi connectivity index (χ1n) is 9.36. The van der Waals surface area contributed by atoms with Crippen LogP contribution in [0.3, 0.4) is 0 Å². The summed E-state index contributed by atoms with van der Waals surface area (Å²) in [6, 6.07) is 13.3. The molecule has 0 bridgehead atoms. The number of benzene rings is 2. The molecule has 1 fully saturated rings. The van der Waals surface area contributed by atoms with Gasteiger partial charge in [-0.2, -0.15) is 0 Å². The third-order valence-electron chi connectivity index (χ3n) is 3.92. The van der Waals surface area contributed by atoms with Gasteiger partial charge in [0.1, 0.15) is 5.60 Å². The fraction of sp³-hybridized carbons (Fsp3) is 0.182. The second-order valence-electron chi connectivity index (χ2n) is 7.60. The van der Waals surface area contributed by atoms with Crippen LogP contribution in [0, 0.1) is 0 Å². The summed E-state index contributed by atoms with van der Waals surface area (Å²) in [5.74, 6) is -0.813. The fourth-order valence-electron chi connectivity index (χ4n) is 2.61. The third-order valence-corrected chi connectivity index (χ3v) is 4.73. The summed E-state index contributed by atoms with van der Waals surface area (Å²) in [5.41, 5.74) is 1.23. The Kier molecular flexibility index (Phi) is 6.45. The SMILES string of the molecule is CC(C)(C)OC(=O)Nc1ccccc1NC(=O)c1ccc(C=C2SC(=O)NC2=O)cc1. The third kappa shape index (κ3) is 6.19. The van der Waals surface area contributed by atoms with Gasteiger partial charge >= 0.3 is 6.09 Å². The summed E-state index contributed by atoms with van der Waals surface area (Å²) in [4.78, 5) is 47.9. The molecule has 8 nitrogen and oxygen atoms in total. The molecule has 1 heterocycles. The van der Waals surface area contributed by atoms with Gasteiger partial charge in [-0.15, -0.1) is 0 Å². The Balaban J connectivity index is 1.69. The predicted octanol–water partition coefficient (Wildman–Crippen LogP) is 4.61. The number of carbonyl (C=O) groups is 4. The Bertz CT molecular complexity index is 1070. The predicted molar refractivity (Wildman–Crippen MR) is 120 cm³/mol. The number of ether oxygens (including phenoxy) is 1. The summed E-state index contributed by atoms with van der Waals surface area (Å²) in [6.45, 7) is 5.28. The second kappa shape index (κ2) is 9.05. The molecule has 31 heavy (non-hydrogen) atoms. The van der Waals surface area contributed by atoms with Crippen LogP contribution in [-0.2, 0) is 9.53 Å². The zero-order valence-corrected chi connectivity index (χ0v) is 18.0. The highest BCUT2D eigenvalue weighted by molar-refractivity contribution is 8.18. The fourth-order valence-corrected chi connectivity index (χ4v) is 3.29. The van der Waals surface area contributed by atoms with Crippen LogP contribution in [0.2, 0.25) is 0 Å². The number of nitrogens with one attached hydrogen (secondary N) is 3. The van der Waals surface area contributed by atoms with Gasteiger partial charge in [0.2, 0.25) is 0 Å². The minimum Gasteiger partial charge on any atom is -0.444 e. The van der Waals surface area contributed by atoms with Gasteiger partial charge < -0.3 is 10.1 Å². The lowest BCUT2D eigenvalue weighted by molar-refractivity contribution is -0.115. The molecule has 1 aliphatic heterocycles. The summed E-state index contributed by atoms with van der Waals surface area (Å²) >= 11 is 0.828. The van der Waals surface area contributed by atoms with Gasteiger partial charge in [0.05, 0.1) is 16.3 Å². The Morgan fingerprint density at radius 1 is 0.968 bits per heavy atom. The van der Waals surface area contributed by atoms with Crippen molar-refractivity contribution < 1.29 is 23.9 Å². The molecule has 3 N–H and O–H groups in total. The molecule has 4 amide bonds. The van der Waals surface area contributed by atoms with Crippen molar-refractivity contribution in [2.24, 2.45) is 0 Å². The van der Waals surface area contributed by atoms with Crippen LogP contribution in [0.25, 0.3) is 6.08 Å². The first-order chi connectivity index (χ1) is 14.6. The van der Waals surface area contributed by atoms with Crippen LogP contribution in [-0.4, -0.2) is 28.7 Å². The normalized spacial score (nSPS) is 14.9. The first-order valence-corrected chi connectivity index (χ1v) is 10.2. The minimum atomic E-state index is -0.649. The van der Waals surface area contributed by atoms with Crippen molar-refractivity contribution in [3.8, 4) is 0 Å². The molecule has 0 aliphatic carbocycles. The van der Waals surface area contributed by atoms with E-state index in [1.54, 1.807) is 75.4 Å². The van der Waals surface area contributed by atoms with Crippen molar-refractivity contribution in [1.82, 2.24) is 5.32 Å². The molecule has 0 radical (unpaired) electrons. The Labute approximate surface area is 183 Å². The molecule has 2 aromatic rings. The maximum atomic E-state index is 12.6. The molecule has 160 valence electrons. The molecule has 3 rings (SSSR count). The second-order valence-corrected chi connectivity index (χ2v) is 8.62. The average molecular weight is 439 g/mol. The number of hydrogen-bond acceptors (Lipinski definition) is 6. The summed E-state index contributed by atoms with van der Waals surface area (Å²) < 4.78 is 5.25. The zero-order valence-electron chi connectivity index (χ0n) is 17.1. The quantitative estimate of drug-likeness (QED) is 0.600. The summed E-state index contributed by atoms with van der Waals surface area (Å²) in [5, 5.41) is 7.17. The van der Waals surface area contributed by atoms with E-state index in [1.807, 2.05) is 0 Å². The number of imide groups is 1. The van der Waals surface area contributed by atoms with E-state index in [2.05, 4.69) is 16.0 Å². The first kappa shape index (κ1) is 22.1. The molecular formula is C22H21N3O5S. The monoisotopic (exact) mass is 439 g/mol.